The maximum Gasteiger partial charge on any atom is 0.133 e. The predicted molar refractivity (Wildman–Crippen MR) is 75.5 cm³/mol. The first-order chi connectivity index (χ1) is 8.68. The lowest BCUT2D eigenvalue weighted by molar-refractivity contribution is 0.471. The Morgan fingerprint density at radius 2 is 1.94 bits per heavy atom. The third-order valence-corrected chi connectivity index (χ3v) is 3.00. The Balaban J connectivity index is 1.94. The first-order valence-corrected chi connectivity index (χ1v) is 7.03. The standard InChI is InChI=1S/C15H26N2O/c1-13(2)7-5-3-4-6-10-16-11-14-8-9-15(18)12-17-14/h8-9,12-13,16,18H,3-7,10-11H2,1-2H3. The quantitative estimate of drug-likeness (QED) is 0.659. The van der Waals surface area contributed by atoms with Crippen LogP contribution in [0.15, 0.2) is 18.3 Å². The van der Waals surface area contributed by atoms with Crippen LogP contribution in [0.5, 0.6) is 5.75 Å². The van der Waals surface area contributed by atoms with E-state index >= 15 is 0 Å². The molecule has 0 aliphatic carbocycles. The van der Waals surface area contributed by atoms with E-state index in [0.29, 0.717) is 0 Å². The van der Waals surface area contributed by atoms with Gasteiger partial charge < -0.3 is 10.4 Å². The van der Waals surface area contributed by atoms with Crippen LogP contribution in [0.25, 0.3) is 0 Å². The molecule has 0 saturated carbocycles. The van der Waals surface area contributed by atoms with E-state index in [2.05, 4.69) is 24.1 Å². The summed E-state index contributed by atoms with van der Waals surface area (Å²) in [7, 11) is 0. The third kappa shape index (κ3) is 7.28. The number of aromatic hydroxyl groups is 1. The fraction of sp³-hybridized carbons (Fsp3) is 0.667. The number of rotatable bonds is 9. The van der Waals surface area contributed by atoms with E-state index in [9.17, 15) is 0 Å². The van der Waals surface area contributed by atoms with Gasteiger partial charge in [0.2, 0.25) is 0 Å². The lowest BCUT2D eigenvalue weighted by atomic mass is 10.0. The van der Waals surface area contributed by atoms with Crippen LogP contribution in [0.3, 0.4) is 0 Å². The molecule has 0 bridgehead atoms. The second-order valence-corrected chi connectivity index (χ2v) is 5.28. The van der Waals surface area contributed by atoms with Gasteiger partial charge in [0.1, 0.15) is 5.75 Å². The molecular formula is C15H26N2O. The Labute approximate surface area is 111 Å². The number of hydrogen-bond acceptors (Lipinski definition) is 3. The molecule has 0 fully saturated rings. The Kier molecular flexibility index (Phi) is 7.42. The van der Waals surface area contributed by atoms with Crippen molar-refractivity contribution < 1.29 is 5.11 Å². The number of nitrogens with zero attached hydrogens (tertiary/aromatic N) is 1. The lowest BCUT2D eigenvalue weighted by Crippen LogP contribution is -2.15. The zero-order chi connectivity index (χ0) is 13.2. The van der Waals surface area contributed by atoms with Crippen LogP contribution in [-0.4, -0.2) is 16.6 Å². The van der Waals surface area contributed by atoms with Gasteiger partial charge in [0, 0.05) is 6.54 Å². The van der Waals surface area contributed by atoms with Crippen molar-refractivity contribution in [1.29, 1.82) is 0 Å². The summed E-state index contributed by atoms with van der Waals surface area (Å²) in [5.41, 5.74) is 0.979. The number of hydrogen-bond donors (Lipinski definition) is 2. The van der Waals surface area contributed by atoms with Crippen LogP contribution in [0, 0.1) is 5.92 Å². The Morgan fingerprint density at radius 1 is 1.17 bits per heavy atom. The first-order valence-electron chi connectivity index (χ1n) is 7.03. The summed E-state index contributed by atoms with van der Waals surface area (Å²) in [6, 6.07) is 3.53. The van der Waals surface area contributed by atoms with Crippen LogP contribution >= 0.6 is 0 Å². The lowest BCUT2D eigenvalue weighted by Gasteiger charge is -2.06. The Hall–Kier alpha value is -1.09. The fourth-order valence-corrected chi connectivity index (χ4v) is 1.89. The third-order valence-electron chi connectivity index (χ3n) is 3.00. The predicted octanol–water partition coefficient (Wildman–Crippen LogP) is 3.48. The molecule has 0 spiro atoms. The minimum atomic E-state index is 0.226. The van der Waals surface area contributed by atoms with Gasteiger partial charge in [-0.1, -0.05) is 39.5 Å². The normalized spacial score (nSPS) is 11.1. The van der Waals surface area contributed by atoms with Crippen molar-refractivity contribution in [2.75, 3.05) is 6.54 Å². The molecule has 1 heterocycles. The molecular weight excluding hydrogens is 224 g/mol. The van der Waals surface area contributed by atoms with Crippen LogP contribution in [-0.2, 0) is 6.54 Å². The molecule has 0 aromatic carbocycles. The van der Waals surface area contributed by atoms with Gasteiger partial charge >= 0.3 is 0 Å². The van der Waals surface area contributed by atoms with Gasteiger partial charge in [-0.25, -0.2) is 0 Å². The molecule has 102 valence electrons. The second-order valence-electron chi connectivity index (χ2n) is 5.28. The van der Waals surface area contributed by atoms with E-state index in [1.54, 1.807) is 6.07 Å². The largest absolute Gasteiger partial charge is 0.506 e. The molecule has 0 aliphatic heterocycles. The summed E-state index contributed by atoms with van der Waals surface area (Å²) in [5, 5.41) is 12.5. The van der Waals surface area contributed by atoms with Gasteiger partial charge in [-0.05, 0) is 31.0 Å². The topological polar surface area (TPSA) is 45.1 Å². The molecule has 18 heavy (non-hydrogen) atoms. The van der Waals surface area contributed by atoms with Gasteiger partial charge in [0.15, 0.2) is 0 Å². The van der Waals surface area contributed by atoms with E-state index in [1.165, 1.54) is 38.3 Å². The highest BCUT2D eigenvalue weighted by Gasteiger charge is 1.96. The van der Waals surface area contributed by atoms with Crippen LogP contribution in [0.1, 0.15) is 51.6 Å². The van der Waals surface area contributed by atoms with Gasteiger partial charge in [-0.15, -0.1) is 0 Å². The van der Waals surface area contributed by atoms with Gasteiger partial charge in [0.25, 0.3) is 0 Å². The summed E-state index contributed by atoms with van der Waals surface area (Å²) in [6.45, 7) is 6.40. The van der Waals surface area contributed by atoms with Crippen molar-refractivity contribution in [2.24, 2.45) is 5.92 Å². The van der Waals surface area contributed by atoms with Crippen LogP contribution in [0.2, 0.25) is 0 Å². The molecule has 0 aliphatic rings. The molecule has 0 unspecified atom stereocenters. The van der Waals surface area contributed by atoms with Crippen molar-refractivity contribution in [3.05, 3.63) is 24.0 Å². The second kappa shape index (κ2) is 8.92. The molecule has 0 atom stereocenters. The Bertz CT molecular complexity index is 309. The van der Waals surface area contributed by atoms with Crippen molar-refractivity contribution in [1.82, 2.24) is 10.3 Å². The minimum Gasteiger partial charge on any atom is -0.506 e. The summed E-state index contributed by atoms with van der Waals surface area (Å²) in [5.74, 6) is 1.06. The zero-order valence-electron chi connectivity index (χ0n) is 11.7. The van der Waals surface area contributed by atoms with Crippen molar-refractivity contribution >= 4 is 0 Å². The SMILES string of the molecule is CC(C)CCCCCCNCc1ccc(O)cn1. The van der Waals surface area contributed by atoms with Gasteiger partial charge in [-0.2, -0.15) is 0 Å². The molecule has 1 aromatic rings. The van der Waals surface area contributed by atoms with Crippen molar-refractivity contribution in [3.63, 3.8) is 0 Å². The average molecular weight is 250 g/mol. The molecule has 3 nitrogen and oxygen atoms in total. The van der Waals surface area contributed by atoms with Crippen LogP contribution < -0.4 is 5.32 Å². The van der Waals surface area contributed by atoms with E-state index in [4.69, 9.17) is 5.11 Å². The zero-order valence-corrected chi connectivity index (χ0v) is 11.7. The maximum atomic E-state index is 9.10. The number of pyridine rings is 1. The summed E-state index contributed by atoms with van der Waals surface area (Å²) >= 11 is 0. The molecule has 0 amide bonds. The number of aromatic nitrogens is 1. The van der Waals surface area contributed by atoms with Gasteiger partial charge in [-0.3, -0.25) is 4.98 Å². The number of nitrogens with one attached hydrogen (secondary N) is 1. The van der Waals surface area contributed by atoms with E-state index in [-0.39, 0.29) is 5.75 Å². The van der Waals surface area contributed by atoms with Crippen LogP contribution in [0.4, 0.5) is 0 Å². The molecule has 1 aromatic heterocycles. The highest BCUT2D eigenvalue weighted by molar-refractivity contribution is 5.17. The highest BCUT2D eigenvalue weighted by atomic mass is 16.3. The average Bonchev–Trinajstić information content (AvgIpc) is 2.34. The summed E-state index contributed by atoms with van der Waals surface area (Å²) in [4.78, 5) is 4.13. The smallest absolute Gasteiger partial charge is 0.133 e. The van der Waals surface area contributed by atoms with Gasteiger partial charge in [0.05, 0.1) is 11.9 Å². The monoisotopic (exact) mass is 250 g/mol. The van der Waals surface area contributed by atoms with E-state index in [1.807, 2.05) is 6.07 Å². The fourth-order valence-electron chi connectivity index (χ4n) is 1.89. The maximum absolute atomic E-state index is 9.10. The van der Waals surface area contributed by atoms with Crippen molar-refractivity contribution in [3.8, 4) is 5.75 Å². The minimum absolute atomic E-state index is 0.226. The summed E-state index contributed by atoms with van der Waals surface area (Å²) < 4.78 is 0. The summed E-state index contributed by atoms with van der Waals surface area (Å²) in [6.07, 6.45) is 8.08. The molecule has 3 heteroatoms. The van der Waals surface area contributed by atoms with E-state index < -0.39 is 0 Å². The highest BCUT2D eigenvalue weighted by Crippen LogP contribution is 2.09. The molecule has 0 saturated heterocycles. The number of unbranched alkanes of at least 4 members (excludes halogenated alkanes) is 3. The molecule has 0 radical (unpaired) electrons. The van der Waals surface area contributed by atoms with E-state index in [0.717, 1.165) is 24.7 Å². The first kappa shape index (κ1) is 15.0. The molecule has 2 N–H and O–H groups in total. The van der Waals surface area contributed by atoms with Crippen molar-refractivity contribution in [2.45, 2.75) is 52.5 Å². The Morgan fingerprint density at radius 3 is 2.61 bits per heavy atom. The molecule has 1 rings (SSSR count).